The molecule has 1 fully saturated rings. The van der Waals surface area contributed by atoms with Gasteiger partial charge in [-0.3, -0.25) is 4.79 Å². The van der Waals surface area contributed by atoms with Gasteiger partial charge in [0.05, 0.1) is 11.9 Å². The number of amides is 1. The van der Waals surface area contributed by atoms with Gasteiger partial charge in [-0.15, -0.1) is 0 Å². The normalized spacial score (nSPS) is 14.6. The number of carbonyl (C=O) groups is 1. The summed E-state index contributed by atoms with van der Waals surface area (Å²) in [4.78, 5) is 20.5. The van der Waals surface area contributed by atoms with E-state index in [9.17, 15) is 18.0 Å². The number of aromatic nitrogens is 2. The van der Waals surface area contributed by atoms with Crippen molar-refractivity contribution in [3.63, 3.8) is 0 Å². The Hall–Kier alpha value is -3.36. The minimum atomic E-state index is -4.86. The van der Waals surface area contributed by atoms with Crippen molar-refractivity contribution in [2.75, 3.05) is 10.6 Å². The van der Waals surface area contributed by atoms with E-state index in [1.807, 2.05) is 0 Å². The highest BCUT2D eigenvalue weighted by molar-refractivity contribution is 6.04. The molecule has 0 aliphatic heterocycles. The Bertz CT molecular complexity index is 1010. The standard InChI is InChI=1S/C21H19F3N4O2/c22-21(23,24)18-17(28-20(30-18)13-6-2-1-3-7-13)19(29)27-15-10-11-16(25-12-15)26-14-8-4-5-9-14/h1-3,6-7,10-12,14H,4-5,8-9H2,(H,25,26)(H,27,29). The maximum absolute atomic E-state index is 13.4. The number of oxazole rings is 1. The average Bonchev–Trinajstić information content (AvgIpc) is 3.40. The summed E-state index contributed by atoms with van der Waals surface area (Å²) >= 11 is 0. The molecule has 6 nitrogen and oxygen atoms in total. The molecular weight excluding hydrogens is 397 g/mol. The molecule has 4 rings (SSSR count). The fraction of sp³-hybridized carbons (Fsp3) is 0.286. The Balaban J connectivity index is 1.53. The first-order valence-corrected chi connectivity index (χ1v) is 9.57. The molecule has 1 amide bonds. The van der Waals surface area contributed by atoms with Gasteiger partial charge in [-0.1, -0.05) is 31.0 Å². The maximum Gasteiger partial charge on any atom is 0.452 e. The topological polar surface area (TPSA) is 80.0 Å². The molecule has 1 aliphatic carbocycles. The molecule has 156 valence electrons. The molecule has 0 bridgehead atoms. The van der Waals surface area contributed by atoms with E-state index in [0.29, 0.717) is 17.4 Å². The van der Waals surface area contributed by atoms with Crippen LogP contribution in [-0.2, 0) is 6.18 Å². The number of hydrogen-bond acceptors (Lipinski definition) is 5. The smallest absolute Gasteiger partial charge is 0.431 e. The number of nitrogens with zero attached hydrogens (tertiary/aromatic N) is 2. The Morgan fingerprint density at radius 2 is 1.80 bits per heavy atom. The van der Waals surface area contributed by atoms with Gasteiger partial charge in [-0.25, -0.2) is 9.97 Å². The van der Waals surface area contributed by atoms with Gasteiger partial charge in [0.2, 0.25) is 11.7 Å². The Morgan fingerprint density at radius 1 is 1.07 bits per heavy atom. The minimum absolute atomic E-state index is 0.259. The molecule has 1 saturated carbocycles. The molecule has 2 aromatic heterocycles. The Morgan fingerprint density at radius 3 is 2.43 bits per heavy atom. The lowest BCUT2D eigenvalue weighted by Crippen LogP contribution is -2.18. The maximum atomic E-state index is 13.4. The second-order valence-corrected chi connectivity index (χ2v) is 7.07. The Labute approximate surface area is 170 Å². The van der Waals surface area contributed by atoms with E-state index in [1.54, 1.807) is 42.5 Å². The fourth-order valence-electron chi connectivity index (χ4n) is 3.39. The fourth-order valence-corrected chi connectivity index (χ4v) is 3.39. The van der Waals surface area contributed by atoms with E-state index >= 15 is 0 Å². The van der Waals surface area contributed by atoms with Gasteiger partial charge in [0, 0.05) is 11.6 Å². The number of benzene rings is 1. The zero-order valence-electron chi connectivity index (χ0n) is 15.9. The first-order valence-electron chi connectivity index (χ1n) is 9.57. The van der Waals surface area contributed by atoms with Crippen molar-refractivity contribution >= 4 is 17.4 Å². The summed E-state index contributed by atoms with van der Waals surface area (Å²) < 4.78 is 45.1. The predicted octanol–water partition coefficient (Wildman–Crippen LogP) is 5.36. The molecule has 2 heterocycles. The van der Waals surface area contributed by atoms with Crippen LogP contribution in [0.5, 0.6) is 0 Å². The summed E-state index contributed by atoms with van der Waals surface area (Å²) in [5, 5.41) is 5.71. The average molecular weight is 416 g/mol. The number of halogens is 3. The number of pyridine rings is 1. The van der Waals surface area contributed by atoms with E-state index in [2.05, 4.69) is 20.6 Å². The predicted molar refractivity (Wildman–Crippen MR) is 105 cm³/mol. The SMILES string of the molecule is O=C(Nc1ccc(NC2CCCC2)nc1)c1nc(-c2ccccc2)oc1C(F)(F)F. The molecule has 2 N–H and O–H groups in total. The second kappa shape index (κ2) is 8.17. The summed E-state index contributed by atoms with van der Waals surface area (Å²) in [7, 11) is 0. The number of rotatable bonds is 5. The molecule has 0 radical (unpaired) electrons. The van der Waals surface area contributed by atoms with Gasteiger partial charge in [-0.05, 0) is 37.1 Å². The van der Waals surface area contributed by atoms with Crippen molar-refractivity contribution in [2.24, 2.45) is 0 Å². The van der Waals surface area contributed by atoms with Crippen LogP contribution in [0.1, 0.15) is 41.9 Å². The van der Waals surface area contributed by atoms with Gasteiger partial charge >= 0.3 is 6.18 Å². The zero-order chi connectivity index (χ0) is 21.1. The van der Waals surface area contributed by atoms with Crippen LogP contribution in [-0.4, -0.2) is 21.9 Å². The number of nitrogens with one attached hydrogen (secondary N) is 2. The van der Waals surface area contributed by atoms with Crippen LogP contribution in [0.15, 0.2) is 53.1 Å². The van der Waals surface area contributed by atoms with Crippen LogP contribution in [0, 0.1) is 0 Å². The lowest BCUT2D eigenvalue weighted by atomic mass is 10.2. The highest BCUT2D eigenvalue weighted by Gasteiger charge is 2.42. The largest absolute Gasteiger partial charge is 0.452 e. The summed E-state index contributed by atoms with van der Waals surface area (Å²) in [6, 6.07) is 11.7. The summed E-state index contributed by atoms with van der Waals surface area (Å²) in [6.45, 7) is 0. The molecule has 30 heavy (non-hydrogen) atoms. The molecule has 9 heteroatoms. The third-order valence-electron chi connectivity index (χ3n) is 4.85. The van der Waals surface area contributed by atoms with Crippen LogP contribution in [0.4, 0.5) is 24.7 Å². The third kappa shape index (κ3) is 4.45. The zero-order valence-corrected chi connectivity index (χ0v) is 15.9. The van der Waals surface area contributed by atoms with Gasteiger partial charge in [0.1, 0.15) is 5.82 Å². The lowest BCUT2D eigenvalue weighted by Gasteiger charge is -2.12. The summed E-state index contributed by atoms with van der Waals surface area (Å²) in [6.07, 6.45) is 1.04. The second-order valence-electron chi connectivity index (χ2n) is 7.07. The third-order valence-corrected chi connectivity index (χ3v) is 4.85. The molecule has 0 spiro atoms. The summed E-state index contributed by atoms with van der Waals surface area (Å²) in [5.41, 5.74) is -0.227. The van der Waals surface area contributed by atoms with E-state index < -0.39 is 23.5 Å². The van der Waals surface area contributed by atoms with Gasteiger partial charge in [-0.2, -0.15) is 13.2 Å². The molecular formula is C21H19F3N4O2. The van der Waals surface area contributed by atoms with Crippen LogP contribution >= 0.6 is 0 Å². The molecule has 0 unspecified atom stereocenters. The lowest BCUT2D eigenvalue weighted by molar-refractivity contribution is -0.153. The molecule has 3 aromatic rings. The quantitative estimate of drug-likeness (QED) is 0.585. The monoisotopic (exact) mass is 416 g/mol. The van der Waals surface area contributed by atoms with Gasteiger partial charge in [0.25, 0.3) is 5.91 Å². The minimum Gasteiger partial charge on any atom is -0.431 e. The number of alkyl halides is 3. The van der Waals surface area contributed by atoms with Gasteiger partial charge in [0.15, 0.2) is 5.69 Å². The van der Waals surface area contributed by atoms with E-state index in [4.69, 9.17) is 4.42 Å². The van der Waals surface area contributed by atoms with Crippen LogP contribution in [0.3, 0.4) is 0 Å². The Kier molecular flexibility index (Phi) is 5.43. The highest BCUT2D eigenvalue weighted by atomic mass is 19.4. The highest BCUT2D eigenvalue weighted by Crippen LogP contribution is 2.35. The van der Waals surface area contributed by atoms with Gasteiger partial charge < -0.3 is 15.1 Å². The van der Waals surface area contributed by atoms with Crippen molar-refractivity contribution in [1.82, 2.24) is 9.97 Å². The number of carbonyl (C=O) groups excluding carboxylic acids is 1. The molecule has 0 saturated heterocycles. The van der Waals surface area contributed by atoms with Crippen LogP contribution in [0.2, 0.25) is 0 Å². The van der Waals surface area contributed by atoms with E-state index in [1.165, 1.54) is 19.0 Å². The first kappa shape index (κ1) is 19.9. The van der Waals surface area contributed by atoms with Crippen molar-refractivity contribution in [3.8, 4) is 11.5 Å². The molecule has 0 atom stereocenters. The molecule has 1 aromatic carbocycles. The number of anilines is 2. The van der Waals surface area contributed by atoms with Crippen molar-refractivity contribution in [3.05, 3.63) is 60.1 Å². The molecule has 1 aliphatic rings. The van der Waals surface area contributed by atoms with Crippen molar-refractivity contribution < 1.29 is 22.4 Å². The van der Waals surface area contributed by atoms with Crippen LogP contribution < -0.4 is 10.6 Å². The first-order chi connectivity index (χ1) is 14.4. The van der Waals surface area contributed by atoms with Crippen molar-refractivity contribution in [1.29, 1.82) is 0 Å². The summed E-state index contributed by atoms with van der Waals surface area (Å²) in [5.74, 6) is -2.08. The van der Waals surface area contributed by atoms with Crippen LogP contribution in [0.25, 0.3) is 11.5 Å². The number of hydrogen-bond donors (Lipinski definition) is 2. The van der Waals surface area contributed by atoms with Crippen molar-refractivity contribution in [2.45, 2.75) is 37.9 Å². The van der Waals surface area contributed by atoms with E-state index in [0.717, 1.165) is 12.8 Å². The van der Waals surface area contributed by atoms with E-state index in [-0.39, 0.29) is 11.6 Å².